The zero-order valence-electron chi connectivity index (χ0n) is 11.2. The molecule has 0 spiro atoms. The van der Waals surface area contributed by atoms with Crippen molar-refractivity contribution < 1.29 is 9.47 Å². The van der Waals surface area contributed by atoms with Crippen molar-refractivity contribution in [3.63, 3.8) is 0 Å². The van der Waals surface area contributed by atoms with Gasteiger partial charge in [0.15, 0.2) is 11.5 Å². The van der Waals surface area contributed by atoms with E-state index in [1.807, 2.05) is 16.8 Å². The van der Waals surface area contributed by atoms with Gasteiger partial charge in [-0.15, -0.1) is 5.10 Å². The van der Waals surface area contributed by atoms with Crippen LogP contribution in [0.25, 0.3) is 11.0 Å². The minimum absolute atomic E-state index is 0.253. The quantitative estimate of drug-likeness (QED) is 0.907. The van der Waals surface area contributed by atoms with Crippen LogP contribution in [0.4, 0.5) is 0 Å². The Morgan fingerprint density at radius 2 is 1.95 bits per heavy atom. The Morgan fingerprint density at radius 3 is 2.63 bits per heavy atom. The van der Waals surface area contributed by atoms with Crippen LogP contribution in [0.5, 0.6) is 11.5 Å². The van der Waals surface area contributed by atoms with Gasteiger partial charge >= 0.3 is 0 Å². The van der Waals surface area contributed by atoms with E-state index in [2.05, 4.69) is 24.2 Å². The molecule has 0 unspecified atom stereocenters. The predicted molar refractivity (Wildman–Crippen MR) is 71.2 cm³/mol. The summed E-state index contributed by atoms with van der Waals surface area (Å²) in [5, 5.41) is 8.36. The van der Waals surface area contributed by atoms with Gasteiger partial charge in [-0.2, -0.15) is 0 Å². The summed E-state index contributed by atoms with van der Waals surface area (Å²) < 4.78 is 12.6. The van der Waals surface area contributed by atoms with Crippen molar-refractivity contribution in [2.24, 2.45) is 5.73 Å². The van der Waals surface area contributed by atoms with Gasteiger partial charge in [-0.05, 0) is 12.8 Å². The van der Waals surface area contributed by atoms with Gasteiger partial charge in [-0.3, -0.25) is 0 Å². The summed E-state index contributed by atoms with van der Waals surface area (Å²) >= 11 is 0. The van der Waals surface area contributed by atoms with Gasteiger partial charge in [0.1, 0.15) is 5.52 Å². The second-order valence-electron chi connectivity index (χ2n) is 5.01. The maximum atomic E-state index is 6.35. The lowest BCUT2D eigenvalue weighted by molar-refractivity contribution is 0.174. The Labute approximate surface area is 111 Å². The zero-order chi connectivity index (χ0) is 13.5. The maximum Gasteiger partial charge on any atom is 0.231 e. The molecule has 3 rings (SSSR count). The largest absolute Gasteiger partial charge is 0.454 e. The Kier molecular flexibility index (Phi) is 2.82. The van der Waals surface area contributed by atoms with E-state index in [-0.39, 0.29) is 12.3 Å². The third-order valence-corrected chi connectivity index (χ3v) is 3.88. The van der Waals surface area contributed by atoms with E-state index in [4.69, 9.17) is 15.2 Å². The van der Waals surface area contributed by atoms with Gasteiger partial charge in [-0.25, -0.2) is 4.68 Å². The van der Waals surface area contributed by atoms with E-state index in [0.29, 0.717) is 6.54 Å². The lowest BCUT2D eigenvalue weighted by atomic mass is 9.94. The molecule has 0 amide bonds. The molecule has 0 radical (unpaired) electrons. The van der Waals surface area contributed by atoms with Crippen molar-refractivity contribution in [2.45, 2.75) is 38.8 Å². The Balaban J connectivity index is 2.01. The first-order valence-electron chi connectivity index (χ1n) is 6.57. The van der Waals surface area contributed by atoms with Crippen LogP contribution in [-0.2, 0) is 6.54 Å². The van der Waals surface area contributed by atoms with Crippen LogP contribution in [0.3, 0.4) is 0 Å². The summed E-state index contributed by atoms with van der Waals surface area (Å²) in [6, 6.07) is 3.78. The molecule has 2 aromatic rings. The zero-order valence-corrected chi connectivity index (χ0v) is 11.2. The molecule has 1 aromatic heterocycles. The van der Waals surface area contributed by atoms with E-state index >= 15 is 0 Å². The van der Waals surface area contributed by atoms with Gasteiger partial charge in [0.05, 0.1) is 12.1 Å². The van der Waals surface area contributed by atoms with Crippen LogP contribution >= 0.6 is 0 Å². The number of ether oxygens (including phenoxy) is 2. The van der Waals surface area contributed by atoms with E-state index in [9.17, 15) is 0 Å². The highest BCUT2D eigenvalue weighted by molar-refractivity contribution is 5.79. The third kappa shape index (κ3) is 2.02. The molecule has 1 aromatic carbocycles. The molecule has 0 fully saturated rings. The first kappa shape index (κ1) is 12.2. The minimum atomic E-state index is -0.253. The number of fused-ring (bicyclic) bond motifs is 2. The summed E-state index contributed by atoms with van der Waals surface area (Å²) in [5.41, 5.74) is 7.83. The first-order valence-corrected chi connectivity index (χ1v) is 6.57. The number of rotatable bonds is 4. The summed E-state index contributed by atoms with van der Waals surface area (Å²) in [6.07, 6.45) is 1.80. The molecule has 6 heteroatoms. The summed E-state index contributed by atoms with van der Waals surface area (Å²) in [5.74, 6) is 1.47. The highest BCUT2D eigenvalue weighted by Gasteiger charge is 2.24. The van der Waals surface area contributed by atoms with Crippen molar-refractivity contribution in [3.05, 3.63) is 12.1 Å². The van der Waals surface area contributed by atoms with Crippen LogP contribution in [0.1, 0.15) is 26.7 Å². The molecule has 102 valence electrons. The fraction of sp³-hybridized carbons (Fsp3) is 0.538. The van der Waals surface area contributed by atoms with Crippen LogP contribution in [0.15, 0.2) is 12.1 Å². The average molecular weight is 262 g/mol. The van der Waals surface area contributed by atoms with Gasteiger partial charge < -0.3 is 15.2 Å². The number of aromatic nitrogens is 3. The summed E-state index contributed by atoms with van der Waals surface area (Å²) in [4.78, 5) is 0. The average Bonchev–Trinajstić information content (AvgIpc) is 3.03. The van der Waals surface area contributed by atoms with Gasteiger partial charge in [-0.1, -0.05) is 19.1 Å². The van der Waals surface area contributed by atoms with E-state index in [0.717, 1.165) is 35.4 Å². The molecule has 2 heterocycles. The molecule has 0 saturated heterocycles. The maximum absolute atomic E-state index is 6.35. The fourth-order valence-corrected chi connectivity index (χ4v) is 2.25. The molecule has 0 bridgehead atoms. The molecule has 0 saturated carbocycles. The van der Waals surface area contributed by atoms with E-state index in [1.165, 1.54) is 0 Å². The first-order chi connectivity index (χ1) is 9.15. The number of nitrogens with zero attached hydrogens (tertiary/aromatic N) is 3. The molecular weight excluding hydrogens is 244 g/mol. The molecule has 19 heavy (non-hydrogen) atoms. The highest BCUT2D eigenvalue weighted by Crippen LogP contribution is 2.35. The van der Waals surface area contributed by atoms with Crippen LogP contribution in [-0.4, -0.2) is 27.3 Å². The second-order valence-corrected chi connectivity index (χ2v) is 5.01. The molecular formula is C13H18N4O2. The van der Waals surface area contributed by atoms with Gasteiger partial charge in [0.2, 0.25) is 6.79 Å². The lowest BCUT2D eigenvalue weighted by Gasteiger charge is -2.26. The van der Waals surface area contributed by atoms with E-state index < -0.39 is 0 Å². The van der Waals surface area contributed by atoms with Crippen LogP contribution < -0.4 is 15.2 Å². The smallest absolute Gasteiger partial charge is 0.231 e. The summed E-state index contributed by atoms with van der Waals surface area (Å²) in [6.45, 7) is 5.10. The molecule has 0 aliphatic carbocycles. The molecule has 1 aliphatic rings. The predicted octanol–water partition coefficient (Wildman–Crippen LogP) is 1.68. The Bertz CT molecular complexity index is 604. The molecule has 2 N–H and O–H groups in total. The lowest BCUT2D eigenvalue weighted by Crippen LogP contribution is -2.43. The highest BCUT2D eigenvalue weighted by atomic mass is 16.7. The number of nitrogens with two attached hydrogens (primary N) is 1. The third-order valence-electron chi connectivity index (χ3n) is 3.88. The van der Waals surface area contributed by atoms with Crippen molar-refractivity contribution >= 4 is 11.0 Å². The molecule has 6 nitrogen and oxygen atoms in total. The van der Waals surface area contributed by atoms with Crippen LogP contribution in [0.2, 0.25) is 0 Å². The molecule has 1 aliphatic heterocycles. The van der Waals surface area contributed by atoms with Crippen molar-refractivity contribution in [1.29, 1.82) is 0 Å². The van der Waals surface area contributed by atoms with E-state index in [1.54, 1.807) is 0 Å². The summed E-state index contributed by atoms with van der Waals surface area (Å²) in [7, 11) is 0. The standard InChI is InChI=1S/C13H18N4O2/c1-3-13(14,4-2)7-17-10-6-12-11(18-8-19-12)5-9(10)15-16-17/h5-6H,3-4,7-8,14H2,1-2H3. The number of hydrogen-bond donors (Lipinski definition) is 1. The van der Waals surface area contributed by atoms with Crippen molar-refractivity contribution in [2.75, 3.05) is 6.79 Å². The normalized spacial score (nSPS) is 14.3. The SMILES string of the molecule is CCC(N)(CC)Cn1nnc2cc3c(cc21)OCO3. The monoisotopic (exact) mass is 262 g/mol. The minimum Gasteiger partial charge on any atom is -0.454 e. The van der Waals surface area contributed by atoms with Gasteiger partial charge in [0.25, 0.3) is 0 Å². The number of benzene rings is 1. The van der Waals surface area contributed by atoms with Crippen molar-refractivity contribution in [1.82, 2.24) is 15.0 Å². The second kappa shape index (κ2) is 4.38. The molecule has 0 atom stereocenters. The van der Waals surface area contributed by atoms with Gasteiger partial charge in [0, 0.05) is 17.7 Å². The topological polar surface area (TPSA) is 75.2 Å². The number of hydrogen-bond acceptors (Lipinski definition) is 5. The fourth-order valence-electron chi connectivity index (χ4n) is 2.25. The van der Waals surface area contributed by atoms with Crippen molar-refractivity contribution in [3.8, 4) is 11.5 Å². The van der Waals surface area contributed by atoms with Crippen LogP contribution in [0, 0.1) is 0 Å². The Morgan fingerprint density at radius 1 is 1.26 bits per heavy atom. The Hall–Kier alpha value is -1.82.